The number of carbonyl (C=O) groups is 1. The van der Waals surface area contributed by atoms with Gasteiger partial charge in [0.15, 0.2) is 0 Å². The summed E-state index contributed by atoms with van der Waals surface area (Å²) in [5, 5.41) is 9.63. The van der Waals surface area contributed by atoms with E-state index in [-0.39, 0.29) is 44.3 Å². The number of aryl methyl sites for hydroxylation is 1. The van der Waals surface area contributed by atoms with Crippen LogP contribution in [0.15, 0.2) is 54.9 Å². The Morgan fingerprint density at radius 3 is 2.32 bits per heavy atom. The molecular weight excluding hydrogens is 557 g/mol. The van der Waals surface area contributed by atoms with E-state index >= 15 is 4.39 Å². The van der Waals surface area contributed by atoms with Crippen LogP contribution in [0.1, 0.15) is 33.0 Å². The average Bonchev–Trinajstić information content (AvgIpc) is 2.84. The van der Waals surface area contributed by atoms with Crippen molar-refractivity contribution in [2.45, 2.75) is 19.0 Å². The van der Waals surface area contributed by atoms with Crippen LogP contribution in [0.2, 0.25) is 15.1 Å². The summed E-state index contributed by atoms with van der Waals surface area (Å²) in [7, 11) is 0. The molecule has 0 saturated carbocycles. The van der Waals surface area contributed by atoms with E-state index in [1.807, 2.05) is 6.07 Å². The van der Waals surface area contributed by atoms with Crippen LogP contribution in [0.4, 0.5) is 23.5 Å². The van der Waals surface area contributed by atoms with Crippen LogP contribution in [0.3, 0.4) is 0 Å². The number of anilines is 1. The summed E-state index contributed by atoms with van der Waals surface area (Å²) >= 11 is 17.5. The molecule has 3 aromatic rings. The van der Waals surface area contributed by atoms with E-state index in [2.05, 4.69) is 15.4 Å². The molecule has 1 unspecified atom stereocenters. The molecule has 2 aromatic carbocycles. The Labute approximate surface area is 224 Å². The van der Waals surface area contributed by atoms with Crippen LogP contribution >= 0.6 is 34.8 Å². The van der Waals surface area contributed by atoms with Gasteiger partial charge in [-0.3, -0.25) is 10.2 Å². The highest BCUT2D eigenvalue weighted by atomic mass is 35.5. The van der Waals surface area contributed by atoms with E-state index in [9.17, 15) is 18.0 Å². The largest absolute Gasteiger partial charge is 0.399 e. The lowest BCUT2D eigenvalue weighted by molar-refractivity contribution is -0.139. The highest BCUT2D eigenvalue weighted by molar-refractivity contribution is 6.48. The van der Waals surface area contributed by atoms with E-state index < -0.39 is 29.4 Å². The molecule has 1 atom stereocenters. The minimum atomic E-state index is -4.86. The zero-order valence-electron chi connectivity index (χ0n) is 18.8. The number of benzene rings is 2. The summed E-state index contributed by atoms with van der Waals surface area (Å²) in [6.07, 6.45) is -1.62. The number of halogens is 7. The molecule has 192 valence electrons. The third-order valence-corrected chi connectivity index (χ3v) is 6.23. The van der Waals surface area contributed by atoms with E-state index in [1.165, 1.54) is 31.5 Å². The lowest BCUT2D eigenvalue weighted by atomic mass is 9.95. The Balaban J connectivity index is 1.90. The highest BCUT2D eigenvalue weighted by Crippen LogP contribution is 2.42. The van der Waals surface area contributed by atoms with Gasteiger partial charge in [-0.2, -0.15) is 18.4 Å². The highest BCUT2D eigenvalue weighted by Gasteiger charge is 2.40. The van der Waals surface area contributed by atoms with Gasteiger partial charge in [0, 0.05) is 23.5 Å². The first-order valence-electron chi connectivity index (χ1n) is 10.3. The van der Waals surface area contributed by atoms with Gasteiger partial charge in [-0.15, -0.1) is 0 Å². The summed E-state index contributed by atoms with van der Waals surface area (Å²) in [6.45, 7) is 1.22. The number of rotatable bonds is 7. The van der Waals surface area contributed by atoms with Crippen molar-refractivity contribution in [1.82, 2.24) is 15.4 Å². The molecule has 37 heavy (non-hydrogen) atoms. The fraction of sp³-hybridized carbons (Fsp3) is 0.167. The number of allylic oxidation sites excluding steroid dienone is 1. The fourth-order valence-corrected chi connectivity index (χ4v) is 3.90. The molecule has 1 aromatic heterocycles. The first-order chi connectivity index (χ1) is 17.4. The average molecular weight is 573 g/mol. The first kappa shape index (κ1) is 28.2. The number of carbonyl (C=O) groups excluding carboxylic acids is 1. The normalized spacial score (nSPS) is 12.6. The molecule has 3 rings (SSSR count). The molecular formula is C24H16Cl3F4N5O. The Hall–Kier alpha value is -3.39. The Bertz CT molecular complexity index is 1350. The first-order valence-corrected chi connectivity index (χ1v) is 11.5. The lowest BCUT2D eigenvalue weighted by Gasteiger charge is -2.20. The Kier molecular flexibility index (Phi) is 8.97. The molecule has 0 aliphatic rings. The summed E-state index contributed by atoms with van der Waals surface area (Å²) in [4.78, 5) is 20.7. The number of aromatic nitrogens is 2. The maximum absolute atomic E-state index is 15.0. The minimum Gasteiger partial charge on any atom is -0.267 e. The second kappa shape index (κ2) is 11.8. The fourth-order valence-electron chi connectivity index (χ4n) is 3.29. The number of nitriles is 1. The van der Waals surface area contributed by atoms with Crippen LogP contribution in [0.25, 0.3) is 5.83 Å². The molecule has 0 fully saturated rings. The monoisotopic (exact) mass is 571 g/mol. The number of amides is 1. The SMILES string of the molecule is Cc1cc(/C(F)=C/C(c2cc(Cl)c(Cl)c(Cl)c2)C(F)(F)F)ccc1C(=O)NN(CC#N)c1ncccn1. The minimum absolute atomic E-state index is 0.0706. The molecule has 1 N–H and O–H groups in total. The molecule has 0 aliphatic heterocycles. The molecule has 0 radical (unpaired) electrons. The maximum atomic E-state index is 15.0. The van der Waals surface area contributed by atoms with Gasteiger partial charge >= 0.3 is 6.18 Å². The standard InChI is InChI=1S/C24H16Cl3F4N5O/c1-13-9-14(3-4-16(13)22(37)35-36(8-5-32)23-33-6-2-7-34-23)20(28)12-17(24(29,30)31)15-10-18(25)21(27)19(26)11-15/h2-4,6-7,9-12,17H,8H2,1H3,(H,35,37)/b20-12-. The predicted octanol–water partition coefficient (Wildman–Crippen LogP) is 7.08. The Morgan fingerprint density at radius 1 is 1.16 bits per heavy atom. The lowest BCUT2D eigenvalue weighted by Crippen LogP contribution is -2.43. The van der Waals surface area contributed by atoms with Gasteiger partial charge in [-0.05, 0) is 54.5 Å². The van der Waals surface area contributed by atoms with Crippen molar-refractivity contribution >= 4 is 52.5 Å². The van der Waals surface area contributed by atoms with Crippen molar-refractivity contribution in [3.05, 3.63) is 92.2 Å². The second-order valence-corrected chi connectivity index (χ2v) is 8.79. The van der Waals surface area contributed by atoms with Gasteiger partial charge in [0.25, 0.3) is 5.91 Å². The van der Waals surface area contributed by atoms with Gasteiger partial charge in [0.2, 0.25) is 5.95 Å². The quantitative estimate of drug-likeness (QED) is 0.142. The van der Waals surface area contributed by atoms with Crippen molar-refractivity contribution in [3.63, 3.8) is 0 Å². The van der Waals surface area contributed by atoms with E-state index in [0.29, 0.717) is 6.08 Å². The van der Waals surface area contributed by atoms with Crippen molar-refractivity contribution in [3.8, 4) is 6.07 Å². The van der Waals surface area contributed by atoms with Crippen LogP contribution in [0, 0.1) is 18.3 Å². The smallest absolute Gasteiger partial charge is 0.267 e. The van der Waals surface area contributed by atoms with E-state index in [0.717, 1.165) is 23.2 Å². The Morgan fingerprint density at radius 2 is 1.78 bits per heavy atom. The number of nitrogens with one attached hydrogen (secondary N) is 1. The van der Waals surface area contributed by atoms with Crippen molar-refractivity contribution in [2.24, 2.45) is 0 Å². The van der Waals surface area contributed by atoms with E-state index in [4.69, 9.17) is 40.1 Å². The topological polar surface area (TPSA) is 81.9 Å². The van der Waals surface area contributed by atoms with Gasteiger partial charge in [0.1, 0.15) is 18.3 Å². The molecule has 6 nitrogen and oxygen atoms in total. The van der Waals surface area contributed by atoms with Crippen LogP contribution in [-0.2, 0) is 0 Å². The van der Waals surface area contributed by atoms with Gasteiger partial charge in [-0.25, -0.2) is 19.4 Å². The zero-order valence-corrected chi connectivity index (χ0v) is 21.1. The number of alkyl halides is 3. The molecule has 1 heterocycles. The van der Waals surface area contributed by atoms with Crippen molar-refractivity contribution in [2.75, 3.05) is 11.6 Å². The molecule has 1 amide bonds. The number of hydrogen-bond acceptors (Lipinski definition) is 5. The molecule has 0 spiro atoms. The molecule has 0 saturated heterocycles. The third kappa shape index (κ3) is 6.89. The molecule has 13 heteroatoms. The van der Waals surface area contributed by atoms with Crippen LogP contribution in [0.5, 0.6) is 0 Å². The van der Waals surface area contributed by atoms with Gasteiger partial charge in [0.05, 0.1) is 21.1 Å². The van der Waals surface area contributed by atoms with Crippen molar-refractivity contribution < 1.29 is 22.4 Å². The van der Waals surface area contributed by atoms with Crippen LogP contribution in [-0.4, -0.2) is 28.6 Å². The number of hydrazine groups is 1. The van der Waals surface area contributed by atoms with E-state index in [1.54, 1.807) is 6.07 Å². The summed E-state index contributed by atoms with van der Waals surface area (Å²) < 4.78 is 56.4. The summed E-state index contributed by atoms with van der Waals surface area (Å²) in [5.74, 6) is -4.13. The predicted molar refractivity (Wildman–Crippen MR) is 133 cm³/mol. The number of nitrogens with zero attached hydrogens (tertiary/aromatic N) is 4. The van der Waals surface area contributed by atoms with Gasteiger partial charge < -0.3 is 0 Å². The number of hydrogen-bond donors (Lipinski definition) is 1. The summed E-state index contributed by atoms with van der Waals surface area (Å²) in [5.41, 5.74) is 2.27. The summed E-state index contributed by atoms with van der Waals surface area (Å²) in [6, 6.07) is 9.02. The van der Waals surface area contributed by atoms with Gasteiger partial charge in [-0.1, -0.05) is 40.9 Å². The van der Waals surface area contributed by atoms with Crippen molar-refractivity contribution in [1.29, 1.82) is 5.26 Å². The third-order valence-electron chi connectivity index (χ3n) is 5.04. The second-order valence-electron chi connectivity index (χ2n) is 7.60. The van der Waals surface area contributed by atoms with Crippen LogP contribution < -0.4 is 10.4 Å². The zero-order chi connectivity index (χ0) is 27.3. The maximum Gasteiger partial charge on any atom is 0.399 e. The molecule has 0 bridgehead atoms. The molecule has 0 aliphatic carbocycles.